The van der Waals surface area contributed by atoms with Gasteiger partial charge in [0, 0.05) is 0 Å². The summed E-state index contributed by atoms with van der Waals surface area (Å²) in [6.07, 6.45) is 4.67. The zero-order chi connectivity index (χ0) is 38.4. The highest BCUT2D eigenvalue weighted by molar-refractivity contribution is 7.42. The second-order valence-electron chi connectivity index (χ2n) is 20.6. The van der Waals surface area contributed by atoms with Crippen molar-refractivity contribution in [1.29, 1.82) is 0 Å². The third-order valence-electron chi connectivity index (χ3n) is 13.9. The van der Waals surface area contributed by atoms with E-state index in [1.165, 1.54) is 11.1 Å². The van der Waals surface area contributed by atoms with E-state index < -0.39 is 17.2 Å². The topological polar surface area (TPSA) is 55.4 Å². The SMILES string of the molecule is CC1CC(C(C)(C)c2ccccc2)CC(C(C)(C)C)C1OP1OCC2(CO1)COP(OC1C(C)CC(C(C)(C)c3ccccc3)CC1C(C)(C)C)OC2. The first-order chi connectivity index (χ1) is 24.8. The Morgan fingerprint density at radius 3 is 1.13 bits per heavy atom. The Bertz CT molecular complexity index is 1340. The van der Waals surface area contributed by atoms with Crippen LogP contribution in [0.15, 0.2) is 60.7 Å². The Labute approximate surface area is 325 Å². The van der Waals surface area contributed by atoms with Crippen molar-refractivity contribution < 1.29 is 27.1 Å². The van der Waals surface area contributed by atoms with Gasteiger partial charge in [-0.3, -0.25) is 0 Å². The quantitative estimate of drug-likeness (QED) is 0.249. The Balaban J connectivity index is 1.03. The summed E-state index contributed by atoms with van der Waals surface area (Å²) in [7, 11) is -2.90. The number of benzene rings is 2. The molecule has 53 heavy (non-hydrogen) atoms. The van der Waals surface area contributed by atoms with Crippen molar-refractivity contribution in [3.8, 4) is 0 Å². The lowest BCUT2D eigenvalue weighted by molar-refractivity contribution is -0.107. The predicted octanol–water partition coefficient (Wildman–Crippen LogP) is 12.7. The Hall–Kier alpha value is -0.940. The van der Waals surface area contributed by atoms with Crippen molar-refractivity contribution in [3.63, 3.8) is 0 Å². The first-order valence-electron chi connectivity index (χ1n) is 20.4. The molecular weight excluding hydrogens is 698 g/mol. The summed E-state index contributed by atoms with van der Waals surface area (Å²) in [5.41, 5.74) is 2.87. The van der Waals surface area contributed by atoms with Crippen LogP contribution in [0.4, 0.5) is 0 Å². The van der Waals surface area contributed by atoms with E-state index in [4.69, 9.17) is 27.1 Å². The van der Waals surface area contributed by atoms with Crippen LogP contribution in [0.2, 0.25) is 0 Å². The van der Waals surface area contributed by atoms with Gasteiger partial charge in [-0.2, -0.15) is 0 Å². The van der Waals surface area contributed by atoms with Crippen molar-refractivity contribution in [2.75, 3.05) is 26.4 Å². The molecule has 8 heteroatoms. The van der Waals surface area contributed by atoms with Gasteiger partial charge in [0.25, 0.3) is 0 Å². The molecule has 6 rings (SSSR count). The van der Waals surface area contributed by atoms with Crippen LogP contribution in [-0.4, -0.2) is 38.6 Å². The molecule has 2 aromatic carbocycles. The standard InChI is InChI=1S/C45H70O6P2/c1-31-23-35(43(9,10)33-19-15-13-16-20-33)25-37(41(3,4)5)39(31)50-52-46-27-45(28-47-52)29-48-53(49-30-45)51-40-32(2)24-36(26-38(40)42(6,7)8)44(11,12)34-21-17-14-18-22-34/h13-22,31-32,35-40H,23-30H2,1-12H3. The van der Waals surface area contributed by atoms with Gasteiger partial charge >= 0.3 is 17.2 Å². The summed E-state index contributed by atoms with van der Waals surface area (Å²) < 4.78 is 39.4. The Morgan fingerprint density at radius 2 is 0.830 bits per heavy atom. The van der Waals surface area contributed by atoms with Gasteiger partial charge in [0.15, 0.2) is 0 Å². The highest BCUT2D eigenvalue weighted by atomic mass is 31.2. The lowest BCUT2D eigenvalue weighted by Gasteiger charge is -2.51. The number of hydrogen-bond donors (Lipinski definition) is 0. The summed E-state index contributed by atoms with van der Waals surface area (Å²) in [6, 6.07) is 22.1. The minimum absolute atomic E-state index is 0.0872. The van der Waals surface area contributed by atoms with Crippen LogP contribution in [0.1, 0.15) is 120 Å². The number of rotatable bonds is 8. The zero-order valence-corrected chi connectivity index (χ0v) is 36.7. The zero-order valence-electron chi connectivity index (χ0n) is 34.9. The number of hydrogen-bond acceptors (Lipinski definition) is 6. The van der Waals surface area contributed by atoms with E-state index in [0.717, 1.165) is 25.7 Å². The average Bonchev–Trinajstić information content (AvgIpc) is 3.11. The molecule has 0 radical (unpaired) electrons. The first kappa shape index (κ1) is 41.7. The van der Waals surface area contributed by atoms with Gasteiger partial charge in [0.2, 0.25) is 0 Å². The highest BCUT2D eigenvalue weighted by Gasteiger charge is 2.52. The molecule has 2 saturated heterocycles. The summed E-state index contributed by atoms with van der Waals surface area (Å²) in [5.74, 6) is 2.72. The van der Waals surface area contributed by atoms with E-state index in [0.29, 0.717) is 61.9 Å². The molecule has 8 atom stereocenters. The fraction of sp³-hybridized carbons (Fsp3) is 0.733. The third-order valence-corrected chi connectivity index (χ3v) is 16.1. The van der Waals surface area contributed by atoms with E-state index in [-0.39, 0.29) is 39.3 Å². The Morgan fingerprint density at radius 1 is 0.509 bits per heavy atom. The maximum atomic E-state index is 6.84. The van der Waals surface area contributed by atoms with Gasteiger partial charge in [-0.05, 0) is 94.0 Å². The monoisotopic (exact) mass is 768 g/mol. The summed E-state index contributed by atoms with van der Waals surface area (Å²) >= 11 is 0. The Kier molecular flexibility index (Phi) is 12.7. The summed E-state index contributed by atoms with van der Waals surface area (Å²) in [6.45, 7) is 30.6. The molecule has 0 aromatic heterocycles. The molecule has 4 fully saturated rings. The molecule has 8 unspecified atom stereocenters. The largest absolute Gasteiger partial charge is 0.332 e. The van der Waals surface area contributed by atoms with Gasteiger partial charge in [0.1, 0.15) is 0 Å². The van der Waals surface area contributed by atoms with Gasteiger partial charge in [-0.15, -0.1) is 0 Å². The molecule has 2 aliphatic carbocycles. The van der Waals surface area contributed by atoms with Crippen LogP contribution in [0.5, 0.6) is 0 Å². The van der Waals surface area contributed by atoms with Crippen LogP contribution in [0, 0.1) is 51.8 Å². The normalized spacial score (nSPS) is 36.4. The van der Waals surface area contributed by atoms with E-state index >= 15 is 0 Å². The second kappa shape index (κ2) is 16.1. The molecule has 2 aromatic rings. The first-order valence-corrected chi connectivity index (χ1v) is 22.6. The smallest absolute Gasteiger partial charge is 0.311 e. The van der Waals surface area contributed by atoms with Crippen LogP contribution < -0.4 is 0 Å². The highest BCUT2D eigenvalue weighted by Crippen LogP contribution is 2.59. The maximum absolute atomic E-state index is 6.84. The van der Waals surface area contributed by atoms with E-state index in [2.05, 4.69) is 144 Å². The molecular formula is C45H70O6P2. The van der Waals surface area contributed by atoms with Gasteiger partial charge in [-0.1, -0.05) is 144 Å². The lowest BCUT2D eigenvalue weighted by Crippen LogP contribution is -2.49. The van der Waals surface area contributed by atoms with Crippen LogP contribution >= 0.6 is 17.2 Å². The molecule has 2 aliphatic heterocycles. The molecule has 6 nitrogen and oxygen atoms in total. The minimum Gasteiger partial charge on any atom is -0.311 e. The van der Waals surface area contributed by atoms with Gasteiger partial charge in [-0.25, -0.2) is 0 Å². The minimum atomic E-state index is -1.45. The van der Waals surface area contributed by atoms with Crippen molar-refractivity contribution in [2.24, 2.45) is 51.8 Å². The van der Waals surface area contributed by atoms with Crippen molar-refractivity contribution >= 4 is 17.2 Å². The lowest BCUT2D eigenvalue weighted by atomic mass is 9.58. The van der Waals surface area contributed by atoms with Crippen LogP contribution in [0.25, 0.3) is 0 Å². The predicted molar refractivity (Wildman–Crippen MR) is 218 cm³/mol. The van der Waals surface area contributed by atoms with Crippen molar-refractivity contribution in [2.45, 2.75) is 132 Å². The fourth-order valence-corrected chi connectivity index (χ4v) is 12.9. The molecule has 4 aliphatic rings. The van der Waals surface area contributed by atoms with Crippen molar-refractivity contribution in [3.05, 3.63) is 71.8 Å². The van der Waals surface area contributed by atoms with Crippen molar-refractivity contribution in [1.82, 2.24) is 0 Å². The van der Waals surface area contributed by atoms with Gasteiger partial charge < -0.3 is 27.1 Å². The molecule has 2 heterocycles. The molecule has 0 amide bonds. The fourth-order valence-electron chi connectivity index (χ4n) is 9.87. The molecule has 0 N–H and O–H groups in total. The maximum Gasteiger partial charge on any atom is 0.332 e. The van der Waals surface area contributed by atoms with E-state index in [9.17, 15) is 0 Å². The molecule has 0 bridgehead atoms. The average molecular weight is 769 g/mol. The molecule has 2 saturated carbocycles. The van der Waals surface area contributed by atoms with Crippen LogP contribution in [0.3, 0.4) is 0 Å². The van der Waals surface area contributed by atoms with E-state index in [1.807, 2.05) is 0 Å². The summed E-state index contributed by atoms with van der Waals surface area (Å²) in [5, 5.41) is 0. The molecule has 296 valence electrons. The molecule has 1 spiro atoms. The third kappa shape index (κ3) is 9.28. The summed E-state index contributed by atoms with van der Waals surface area (Å²) in [4.78, 5) is 0. The van der Waals surface area contributed by atoms with E-state index in [1.54, 1.807) is 0 Å². The van der Waals surface area contributed by atoms with Gasteiger partial charge in [0.05, 0.1) is 44.1 Å². The van der Waals surface area contributed by atoms with Crippen LogP contribution in [-0.2, 0) is 38.0 Å². The second-order valence-corrected chi connectivity index (χ2v) is 22.9.